The SMILES string of the molecule is C[NH2+]C(=O)C1=C(O)C2C(CC1=O)CC1CC3=CCC(C)C(O)=C3C(=O)C1C2O. The van der Waals surface area contributed by atoms with Crippen LogP contribution in [0.25, 0.3) is 0 Å². The second-order valence-electron chi connectivity index (χ2n) is 8.53. The number of nitrogens with two attached hydrogens (primary N) is 1. The van der Waals surface area contributed by atoms with Crippen molar-refractivity contribution in [3.8, 4) is 0 Å². The molecule has 0 aliphatic heterocycles. The number of hydrogen-bond acceptors (Lipinski definition) is 6. The highest BCUT2D eigenvalue weighted by Gasteiger charge is 2.55. The molecule has 0 spiro atoms. The van der Waals surface area contributed by atoms with E-state index in [0.717, 1.165) is 5.57 Å². The van der Waals surface area contributed by atoms with Crippen LogP contribution in [0.3, 0.4) is 0 Å². The maximum atomic E-state index is 13.2. The van der Waals surface area contributed by atoms with Crippen LogP contribution in [0.1, 0.15) is 32.6 Å². The molecule has 28 heavy (non-hydrogen) atoms. The summed E-state index contributed by atoms with van der Waals surface area (Å²) in [5.74, 6) is -3.72. The van der Waals surface area contributed by atoms with Gasteiger partial charge in [0.15, 0.2) is 17.1 Å². The van der Waals surface area contributed by atoms with E-state index in [-0.39, 0.29) is 47.0 Å². The van der Waals surface area contributed by atoms with Crippen molar-refractivity contribution in [2.24, 2.45) is 29.6 Å². The van der Waals surface area contributed by atoms with Crippen molar-refractivity contribution in [2.45, 2.75) is 38.7 Å². The lowest BCUT2D eigenvalue weighted by Crippen LogP contribution is -2.85. The van der Waals surface area contributed by atoms with Crippen molar-refractivity contribution in [1.29, 1.82) is 0 Å². The fourth-order valence-corrected chi connectivity index (χ4v) is 5.56. The van der Waals surface area contributed by atoms with Gasteiger partial charge in [0.05, 0.1) is 24.6 Å². The van der Waals surface area contributed by atoms with Crippen LogP contribution < -0.4 is 5.32 Å². The van der Waals surface area contributed by atoms with Gasteiger partial charge in [-0.3, -0.25) is 14.9 Å². The maximum absolute atomic E-state index is 13.2. The third-order valence-electron chi connectivity index (χ3n) is 6.96. The molecule has 0 aromatic heterocycles. The summed E-state index contributed by atoms with van der Waals surface area (Å²) in [4.78, 5) is 37.8. The van der Waals surface area contributed by atoms with Gasteiger partial charge in [-0.05, 0) is 36.7 Å². The second-order valence-corrected chi connectivity index (χ2v) is 8.53. The van der Waals surface area contributed by atoms with Crippen LogP contribution in [-0.2, 0) is 14.4 Å². The quantitative estimate of drug-likeness (QED) is 0.484. The first-order valence-corrected chi connectivity index (χ1v) is 9.91. The van der Waals surface area contributed by atoms with Gasteiger partial charge in [-0.25, -0.2) is 4.79 Å². The van der Waals surface area contributed by atoms with E-state index < -0.39 is 29.6 Å². The van der Waals surface area contributed by atoms with Crippen LogP contribution in [0.4, 0.5) is 0 Å². The van der Waals surface area contributed by atoms with Gasteiger partial charge in [0.1, 0.15) is 11.5 Å². The van der Waals surface area contributed by atoms with Gasteiger partial charge in [-0.1, -0.05) is 13.0 Å². The molecule has 0 bridgehead atoms. The molecule has 2 saturated carbocycles. The van der Waals surface area contributed by atoms with Gasteiger partial charge in [-0.2, -0.15) is 0 Å². The van der Waals surface area contributed by atoms with E-state index in [9.17, 15) is 29.7 Å². The van der Waals surface area contributed by atoms with Crippen LogP contribution in [-0.4, -0.2) is 45.9 Å². The zero-order valence-electron chi connectivity index (χ0n) is 16.0. The minimum Gasteiger partial charge on any atom is -0.511 e. The standard InChI is InChI=1S/C21H25NO6/c1-8-3-4-9-5-10-6-11-7-12(23)16(21(28)22-2)20(27)15(11)19(26)14(10)18(25)13(9)17(8)24/h4,8,10-11,14-15,19,24,26-27H,3,5-7H2,1-2H3,(H,22,28)/p+1. The summed E-state index contributed by atoms with van der Waals surface area (Å²) in [7, 11) is 1.49. The first kappa shape index (κ1) is 19.1. The Kier molecular flexibility index (Phi) is 4.55. The number of amides is 1. The number of likely N-dealkylation sites (N-methyl/N-ethyl adjacent to an activating group) is 1. The van der Waals surface area contributed by atoms with Gasteiger partial charge in [0.25, 0.3) is 0 Å². The summed E-state index contributed by atoms with van der Waals surface area (Å²) in [6.07, 6.45) is 2.64. The number of quaternary nitrogens is 1. The van der Waals surface area contributed by atoms with Gasteiger partial charge in [0.2, 0.25) is 0 Å². The van der Waals surface area contributed by atoms with E-state index in [2.05, 4.69) is 0 Å². The topological polar surface area (TPSA) is 129 Å². The average Bonchev–Trinajstić information content (AvgIpc) is 2.63. The Balaban J connectivity index is 1.75. The molecular formula is C21H26NO6+. The summed E-state index contributed by atoms with van der Waals surface area (Å²) in [6.45, 7) is 1.85. The molecule has 150 valence electrons. The third-order valence-corrected chi connectivity index (χ3v) is 6.96. The number of aliphatic hydroxyl groups excluding tert-OH is 3. The Morgan fingerprint density at radius 1 is 1.11 bits per heavy atom. The predicted octanol–water partition coefficient (Wildman–Crippen LogP) is 0.472. The molecule has 0 saturated heterocycles. The minimum absolute atomic E-state index is 0.0744. The van der Waals surface area contributed by atoms with Gasteiger partial charge in [0, 0.05) is 18.3 Å². The number of primary amides is 1. The highest BCUT2D eigenvalue weighted by Crippen LogP contribution is 2.52. The third kappa shape index (κ3) is 2.60. The summed E-state index contributed by atoms with van der Waals surface area (Å²) in [6, 6.07) is 0. The molecular weight excluding hydrogens is 362 g/mol. The van der Waals surface area contributed by atoms with Crippen LogP contribution in [0.2, 0.25) is 0 Å². The molecule has 6 unspecified atom stereocenters. The van der Waals surface area contributed by atoms with Crippen molar-refractivity contribution in [2.75, 3.05) is 7.05 Å². The van der Waals surface area contributed by atoms with Crippen molar-refractivity contribution in [3.05, 3.63) is 34.3 Å². The van der Waals surface area contributed by atoms with E-state index in [4.69, 9.17) is 0 Å². The molecule has 6 atom stereocenters. The fourth-order valence-electron chi connectivity index (χ4n) is 5.56. The summed E-state index contributed by atoms with van der Waals surface area (Å²) < 4.78 is 0. The number of allylic oxidation sites excluding steroid dienone is 4. The molecule has 7 heteroatoms. The number of aliphatic hydroxyl groups is 3. The minimum atomic E-state index is -1.19. The van der Waals surface area contributed by atoms with Crippen molar-refractivity contribution >= 4 is 17.5 Å². The number of fused-ring (bicyclic) bond motifs is 3. The molecule has 0 aromatic carbocycles. The zero-order chi connectivity index (χ0) is 20.3. The lowest BCUT2D eigenvalue weighted by Gasteiger charge is -2.48. The molecule has 5 N–H and O–H groups in total. The Bertz CT molecular complexity index is 866. The van der Waals surface area contributed by atoms with Crippen molar-refractivity contribution in [3.63, 3.8) is 0 Å². The smallest absolute Gasteiger partial charge is 0.349 e. The summed E-state index contributed by atoms with van der Waals surface area (Å²) >= 11 is 0. The number of rotatable bonds is 1. The summed E-state index contributed by atoms with van der Waals surface area (Å²) in [5, 5.41) is 33.4. The molecule has 1 amide bonds. The molecule has 7 nitrogen and oxygen atoms in total. The zero-order valence-corrected chi connectivity index (χ0v) is 16.0. The van der Waals surface area contributed by atoms with Crippen LogP contribution in [0.15, 0.2) is 34.3 Å². The van der Waals surface area contributed by atoms with E-state index in [1.54, 1.807) is 0 Å². The van der Waals surface area contributed by atoms with E-state index in [0.29, 0.717) is 24.8 Å². The number of carbonyl (C=O) groups is 3. The second kappa shape index (κ2) is 6.67. The molecule has 0 radical (unpaired) electrons. The first-order chi connectivity index (χ1) is 13.3. The van der Waals surface area contributed by atoms with E-state index >= 15 is 0 Å². The largest absolute Gasteiger partial charge is 0.511 e. The highest BCUT2D eigenvalue weighted by molar-refractivity contribution is 6.17. The van der Waals surface area contributed by atoms with Gasteiger partial charge in [-0.15, -0.1) is 0 Å². The Hall–Kier alpha value is -2.25. The maximum Gasteiger partial charge on any atom is 0.349 e. The number of Topliss-reactive ketones (excluding diaryl/α,β-unsaturated/α-hetero) is 2. The van der Waals surface area contributed by atoms with Gasteiger partial charge < -0.3 is 15.3 Å². The number of hydrogen-bond donors (Lipinski definition) is 4. The summed E-state index contributed by atoms with van der Waals surface area (Å²) in [5.41, 5.74) is 0.871. The lowest BCUT2D eigenvalue weighted by molar-refractivity contribution is -0.534. The average molecular weight is 388 g/mol. The van der Waals surface area contributed by atoms with Crippen molar-refractivity contribution < 1.29 is 35.0 Å². The predicted molar refractivity (Wildman–Crippen MR) is 97.9 cm³/mol. The van der Waals surface area contributed by atoms with Crippen LogP contribution in [0, 0.1) is 29.6 Å². The van der Waals surface area contributed by atoms with E-state index in [1.807, 2.05) is 13.0 Å². The Morgan fingerprint density at radius 3 is 2.46 bits per heavy atom. The number of ketones is 2. The Morgan fingerprint density at radius 2 is 1.79 bits per heavy atom. The van der Waals surface area contributed by atoms with E-state index in [1.165, 1.54) is 12.4 Å². The van der Waals surface area contributed by atoms with Crippen LogP contribution >= 0.6 is 0 Å². The molecule has 4 aliphatic carbocycles. The van der Waals surface area contributed by atoms with Crippen LogP contribution in [0.5, 0.6) is 0 Å². The highest BCUT2D eigenvalue weighted by atomic mass is 16.3. The molecule has 4 rings (SSSR count). The Labute approximate surface area is 162 Å². The molecule has 4 aliphatic rings. The molecule has 0 heterocycles. The molecule has 2 fully saturated rings. The number of carbonyl (C=O) groups excluding carboxylic acids is 3. The van der Waals surface area contributed by atoms with Gasteiger partial charge >= 0.3 is 5.91 Å². The molecule has 0 aromatic rings. The lowest BCUT2D eigenvalue weighted by atomic mass is 9.56. The monoisotopic (exact) mass is 388 g/mol. The van der Waals surface area contributed by atoms with Crippen molar-refractivity contribution in [1.82, 2.24) is 0 Å². The normalized spacial score (nSPS) is 37.9. The first-order valence-electron chi connectivity index (χ1n) is 9.91. The fraction of sp³-hybridized carbons (Fsp3) is 0.571.